The number of ketones is 1. The highest BCUT2D eigenvalue weighted by atomic mass is 31.2. The Hall–Kier alpha value is -2.53. The fraction of sp³-hybridized carbons (Fsp3) is 0.200. The molecule has 1 aliphatic carbocycles. The first-order valence-corrected chi connectivity index (χ1v) is 10.5. The van der Waals surface area contributed by atoms with Crippen LogP contribution >= 0.6 is 7.34 Å². The number of carbonyl (C=O) groups excluding carboxylic acids is 1. The van der Waals surface area contributed by atoms with Gasteiger partial charge in [0.2, 0.25) is 5.78 Å². The second kappa shape index (κ2) is 7.24. The molecule has 0 amide bonds. The van der Waals surface area contributed by atoms with Gasteiger partial charge in [0.1, 0.15) is 13.1 Å². The standard InChI is InChI=1S/C20H22NO5P/c1-12-8-15(21-2)9-14-10-17(19(22)20(23)18(12)14)13-4-6-16(7-5-13)26-11-27(3,24)25/h4-9,21-22,24-25H,3,10-11H2,1-2H3. The Balaban J connectivity index is 1.91. The second-order valence-electron chi connectivity index (χ2n) is 6.59. The van der Waals surface area contributed by atoms with Crippen LogP contribution in [0.1, 0.15) is 27.0 Å². The van der Waals surface area contributed by atoms with Crippen LogP contribution in [0, 0.1) is 6.92 Å². The van der Waals surface area contributed by atoms with E-state index < -0.39 is 7.34 Å². The lowest BCUT2D eigenvalue weighted by Crippen LogP contribution is -2.17. The van der Waals surface area contributed by atoms with Crippen molar-refractivity contribution in [1.82, 2.24) is 0 Å². The highest BCUT2D eigenvalue weighted by Gasteiger charge is 2.28. The van der Waals surface area contributed by atoms with Crippen molar-refractivity contribution in [3.05, 3.63) is 64.4 Å². The van der Waals surface area contributed by atoms with E-state index in [0.717, 1.165) is 16.8 Å². The Bertz CT molecular complexity index is 973. The molecule has 4 N–H and O–H groups in total. The molecule has 2 aromatic carbocycles. The SMILES string of the molecule is C=P(O)(O)COc1ccc(C2=C(O)C(=O)c3c(C)cc(NC)cc3C2)cc1. The summed E-state index contributed by atoms with van der Waals surface area (Å²) in [5, 5.41) is 13.6. The van der Waals surface area contributed by atoms with Crippen molar-refractivity contribution in [1.29, 1.82) is 0 Å². The van der Waals surface area contributed by atoms with E-state index in [1.54, 1.807) is 24.3 Å². The Morgan fingerprint density at radius 2 is 1.89 bits per heavy atom. The quantitative estimate of drug-likeness (QED) is 0.588. The molecule has 0 fully saturated rings. The summed E-state index contributed by atoms with van der Waals surface area (Å²) >= 11 is 0. The van der Waals surface area contributed by atoms with E-state index in [1.807, 2.05) is 26.1 Å². The number of rotatable bonds is 5. The molecule has 0 spiro atoms. The fourth-order valence-corrected chi connectivity index (χ4v) is 3.52. The van der Waals surface area contributed by atoms with E-state index in [9.17, 15) is 19.7 Å². The number of anilines is 1. The minimum atomic E-state index is -3.26. The number of allylic oxidation sites excluding steroid dienone is 2. The first kappa shape index (κ1) is 19.2. The number of hydrogen-bond donors (Lipinski definition) is 4. The lowest BCUT2D eigenvalue weighted by molar-refractivity contribution is 0.0975. The number of benzene rings is 2. The van der Waals surface area contributed by atoms with Crippen LogP contribution in [0.5, 0.6) is 5.75 Å². The second-order valence-corrected chi connectivity index (χ2v) is 8.60. The van der Waals surface area contributed by atoms with Gasteiger partial charge in [-0.2, -0.15) is 0 Å². The molecule has 0 aliphatic heterocycles. The predicted octanol–water partition coefficient (Wildman–Crippen LogP) is 3.35. The Kier molecular flexibility index (Phi) is 5.16. The fourth-order valence-electron chi connectivity index (χ4n) is 3.17. The van der Waals surface area contributed by atoms with Crippen LogP contribution in [0.25, 0.3) is 5.57 Å². The normalized spacial score (nSPS) is 14.1. The van der Waals surface area contributed by atoms with Crippen molar-refractivity contribution >= 4 is 30.7 Å². The smallest absolute Gasteiger partial charge is 0.228 e. The Morgan fingerprint density at radius 1 is 1.22 bits per heavy atom. The van der Waals surface area contributed by atoms with Gasteiger partial charge >= 0.3 is 0 Å². The van der Waals surface area contributed by atoms with Crippen molar-refractivity contribution in [3.8, 4) is 5.75 Å². The maximum Gasteiger partial charge on any atom is 0.228 e. The van der Waals surface area contributed by atoms with E-state index in [1.165, 1.54) is 0 Å². The number of aliphatic hydroxyl groups excluding tert-OH is 1. The number of fused-ring (bicyclic) bond motifs is 1. The monoisotopic (exact) mass is 387 g/mol. The molecule has 0 radical (unpaired) electrons. The van der Waals surface area contributed by atoms with Crippen molar-refractivity contribution < 1.29 is 24.4 Å². The summed E-state index contributed by atoms with van der Waals surface area (Å²) < 4.78 is 5.30. The first-order chi connectivity index (χ1) is 12.7. The van der Waals surface area contributed by atoms with Crippen LogP contribution in [0.4, 0.5) is 5.69 Å². The van der Waals surface area contributed by atoms with Gasteiger partial charge in [0.25, 0.3) is 0 Å². The number of hydrogen-bond acceptors (Lipinski definition) is 6. The molecular weight excluding hydrogens is 365 g/mol. The average Bonchev–Trinajstić information content (AvgIpc) is 2.62. The highest BCUT2D eigenvalue weighted by molar-refractivity contribution is 7.62. The Labute approximate surface area is 157 Å². The molecule has 0 atom stereocenters. The number of aryl methyl sites for hydroxylation is 1. The zero-order valence-corrected chi connectivity index (χ0v) is 16.1. The maximum atomic E-state index is 12.7. The van der Waals surface area contributed by atoms with Crippen LogP contribution in [0.3, 0.4) is 0 Å². The third kappa shape index (κ3) is 4.08. The van der Waals surface area contributed by atoms with Gasteiger partial charge in [-0.1, -0.05) is 12.1 Å². The molecule has 3 rings (SSSR count). The van der Waals surface area contributed by atoms with Crippen LogP contribution in [0.2, 0.25) is 0 Å². The van der Waals surface area contributed by atoms with Crippen LogP contribution < -0.4 is 10.1 Å². The molecule has 6 nitrogen and oxygen atoms in total. The van der Waals surface area contributed by atoms with Crippen LogP contribution in [0.15, 0.2) is 42.2 Å². The zero-order chi connectivity index (χ0) is 19.8. The molecule has 7 heteroatoms. The van der Waals surface area contributed by atoms with Gasteiger partial charge in [0, 0.05) is 30.3 Å². The lowest BCUT2D eigenvalue weighted by atomic mass is 9.83. The van der Waals surface area contributed by atoms with Gasteiger partial charge in [-0.3, -0.25) is 4.79 Å². The van der Waals surface area contributed by atoms with Gasteiger partial charge in [-0.15, -0.1) is 0 Å². The van der Waals surface area contributed by atoms with Crippen molar-refractivity contribution in [2.45, 2.75) is 13.3 Å². The lowest BCUT2D eigenvalue weighted by Gasteiger charge is -2.22. The summed E-state index contributed by atoms with van der Waals surface area (Å²) in [5.41, 5.74) is 4.41. The summed E-state index contributed by atoms with van der Waals surface area (Å²) in [5.74, 6) is -0.172. The zero-order valence-electron chi connectivity index (χ0n) is 15.2. The highest BCUT2D eigenvalue weighted by Crippen LogP contribution is 2.36. The maximum absolute atomic E-state index is 12.7. The minimum absolute atomic E-state index is 0.245. The summed E-state index contributed by atoms with van der Waals surface area (Å²) in [7, 11) is -1.44. The minimum Gasteiger partial charge on any atom is -0.504 e. The number of ether oxygens (including phenoxy) is 1. The molecule has 0 saturated carbocycles. The van der Waals surface area contributed by atoms with E-state index in [4.69, 9.17) is 4.74 Å². The molecule has 27 heavy (non-hydrogen) atoms. The number of carbonyl (C=O) groups is 1. The van der Waals surface area contributed by atoms with Crippen LogP contribution in [-0.2, 0) is 6.42 Å². The molecule has 0 heterocycles. The van der Waals surface area contributed by atoms with E-state index in [-0.39, 0.29) is 17.9 Å². The van der Waals surface area contributed by atoms with Crippen LogP contribution in [-0.4, -0.2) is 40.4 Å². The largest absolute Gasteiger partial charge is 0.504 e. The molecule has 0 unspecified atom stereocenters. The third-order valence-electron chi connectivity index (χ3n) is 4.44. The third-order valence-corrected chi connectivity index (χ3v) is 4.98. The molecule has 142 valence electrons. The molecule has 2 aromatic rings. The molecule has 0 bridgehead atoms. The van der Waals surface area contributed by atoms with Crippen molar-refractivity contribution in [2.75, 3.05) is 18.7 Å². The summed E-state index contributed by atoms with van der Waals surface area (Å²) in [6, 6.07) is 10.6. The molecular formula is C20H22NO5P. The first-order valence-electron chi connectivity index (χ1n) is 8.39. The van der Waals surface area contributed by atoms with Gasteiger partial charge < -0.3 is 24.9 Å². The predicted molar refractivity (Wildman–Crippen MR) is 109 cm³/mol. The molecule has 0 aromatic heterocycles. The number of Topliss-reactive ketones (excluding diaryl/α,β-unsaturated/α-hetero) is 1. The number of aliphatic hydroxyl groups is 1. The van der Waals surface area contributed by atoms with Crippen molar-refractivity contribution in [2.24, 2.45) is 0 Å². The molecule has 0 saturated heterocycles. The topological polar surface area (TPSA) is 99.0 Å². The van der Waals surface area contributed by atoms with E-state index in [2.05, 4.69) is 11.6 Å². The Morgan fingerprint density at radius 3 is 2.48 bits per heavy atom. The van der Waals surface area contributed by atoms with Gasteiger partial charge in [0.05, 0.1) is 0 Å². The molecule has 1 aliphatic rings. The number of nitrogens with one attached hydrogen (secondary N) is 1. The summed E-state index contributed by atoms with van der Waals surface area (Å²) in [6.07, 6.45) is 3.42. The average molecular weight is 387 g/mol. The van der Waals surface area contributed by atoms with E-state index >= 15 is 0 Å². The summed E-state index contributed by atoms with van der Waals surface area (Å²) in [6.45, 7) is 1.86. The van der Waals surface area contributed by atoms with Gasteiger partial charge in [-0.05, 0) is 54.2 Å². The van der Waals surface area contributed by atoms with Gasteiger partial charge in [0.15, 0.2) is 12.1 Å². The van der Waals surface area contributed by atoms with E-state index in [0.29, 0.717) is 28.9 Å². The van der Waals surface area contributed by atoms with Crippen molar-refractivity contribution in [3.63, 3.8) is 0 Å². The van der Waals surface area contributed by atoms with Gasteiger partial charge in [-0.25, -0.2) is 0 Å². The summed E-state index contributed by atoms with van der Waals surface area (Å²) in [4.78, 5) is 31.3.